The number of amides is 1. The number of anilines is 1. The number of nitrogen functional groups attached to an aromatic ring is 1. The predicted molar refractivity (Wildman–Crippen MR) is 79.4 cm³/mol. The van der Waals surface area contributed by atoms with E-state index in [0.717, 1.165) is 17.3 Å². The first-order chi connectivity index (χ1) is 9.49. The van der Waals surface area contributed by atoms with Crippen LogP contribution in [0.25, 0.3) is 0 Å². The van der Waals surface area contributed by atoms with Gasteiger partial charge in [-0.05, 0) is 52.9 Å². The van der Waals surface area contributed by atoms with E-state index in [-0.39, 0.29) is 17.7 Å². The van der Waals surface area contributed by atoms with Crippen molar-refractivity contribution >= 4 is 33.5 Å². The van der Waals surface area contributed by atoms with Crippen LogP contribution in [0.4, 0.5) is 5.69 Å². The Morgan fingerprint density at radius 1 is 1.40 bits per heavy atom. The quantitative estimate of drug-likeness (QED) is 0.733. The van der Waals surface area contributed by atoms with Gasteiger partial charge in [0.2, 0.25) is 0 Å². The predicted octanol–water partition coefficient (Wildman–Crippen LogP) is 2.26. The summed E-state index contributed by atoms with van der Waals surface area (Å²) in [6.07, 6.45) is 2.45. The molecule has 0 aliphatic heterocycles. The van der Waals surface area contributed by atoms with Gasteiger partial charge in [-0.1, -0.05) is 6.42 Å². The molecule has 20 heavy (non-hydrogen) atoms. The van der Waals surface area contributed by atoms with E-state index >= 15 is 0 Å². The fourth-order valence-electron chi connectivity index (χ4n) is 2.62. The first-order valence-electron chi connectivity index (χ1n) is 6.55. The van der Waals surface area contributed by atoms with E-state index in [1.54, 1.807) is 18.2 Å². The highest BCUT2D eigenvalue weighted by Crippen LogP contribution is 2.31. The highest BCUT2D eigenvalue weighted by atomic mass is 79.9. The van der Waals surface area contributed by atoms with Crippen LogP contribution in [0.5, 0.6) is 0 Å². The molecular weight excluding hydrogens is 324 g/mol. The Bertz CT molecular complexity index is 533. The van der Waals surface area contributed by atoms with E-state index in [1.807, 2.05) is 0 Å². The third kappa shape index (κ3) is 3.30. The number of nitrogens with one attached hydrogen (secondary N) is 1. The van der Waals surface area contributed by atoms with Gasteiger partial charge in [0.05, 0.1) is 5.92 Å². The summed E-state index contributed by atoms with van der Waals surface area (Å²) in [5, 5.41) is 11.9. The molecule has 6 heteroatoms. The van der Waals surface area contributed by atoms with E-state index in [2.05, 4.69) is 21.2 Å². The van der Waals surface area contributed by atoms with Gasteiger partial charge in [-0.25, -0.2) is 0 Å². The first kappa shape index (κ1) is 14.8. The van der Waals surface area contributed by atoms with Crippen LogP contribution in [0.1, 0.15) is 29.6 Å². The summed E-state index contributed by atoms with van der Waals surface area (Å²) in [6, 6.07) is 5.00. The van der Waals surface area contributed by atoms with Crippen molar-refractivity contribution in [3.8, 4) is 0 Å². The highest BCUT2D eigenvalue weighted by molar-refractivity contribution is 9.10. The van der Waals surface area contributed by atoms with E-state index in [0.29, 0.717) is 24.2 Å². The number of carboxylic acid groups (broad SMARTS) is 1. The largest absolute Gasteiger partial charge is 0.481 e. The van der Waals surface area contributed by atoms with Crippen molar-refractivity contribution in [3.05, 3.63) is 28.2 Å². The van der Waals surface area contributed by atoms with Gasteiger partial charge >= 0.3 is 5.97 Å². The zero-order valence-corrected chi connectivity index (χ0v) is 12.5. The van der Waals surface area contributed by atoms with E-state index in [9.17, 15) is 9.59 Å². The molecule has 2 rings (SSSR count). The normalized spacial score (nSPS) is 21.6. The van der Waals surface area contributed by atoms with Gasteiger partial charge in [0.1, 0.15) is 0 Å². The third-order valence-corrected chi connectivity index (χ3v) is 4.48. The maximum atomic E-state index is 12.0. The summed E-state index contributed by atoms with van der Waals surface area (Å²) in [7, 11) is 0. The molecule has 2 unspecified atom stereocenters. The fourth-order valence-corrected chi connectivity index (χ4v) is 2.86. The number of carbonyl (C=O) groups is 2. The van der Waals surface area contributed by atoms with Gasteiger partial charge in [-0.2, -0.15) is 0 Å². The van der Waals surface area contributed by atoms with Crippen molar-refractivity contribution in [2.75, 3.05) is 12.3 Å². The van der Waals surface area contributed by atoms with Crippen molar-refractivity contribution in [2.45, 2.75) is 19.3 Å². The molecule has 0 heterocycles. The lowest BCUT2D eigenvalue weighted by atomic mass is 9.96. The van der Waals surface area contributed by atoms with Crippen LogP contribution in [0, 0.1) is 11.8 Å². The fraction of sp³-hybridized carbons (Fsp3) is 0.429. The summed E-state index contributed by atoms with van der Waals surface area (Å²) in [5.74, 6) is -1.32. The minimum atomic E-state index is -0.769. The van der Waals surface area contributed by atoms with Crippen LogP contribution in [-0.4, -0.2) is 23.5 Å². The van der Waals surface area contributed by atoms with Crippen molar-refractivity contribution in [2.24, 2.45) is 11.8 Å². The number of halogens is 1. The molecule has 1 aromatic rings. The summed E-state index contributed by atoms with van der Waals surface area (Å²) in [5.41, 5.74) is 6.72. The first-order valence-corrected chi connectivity index (χ1v) is 7.34. The van der Waals surface area contributed by atoms with Crippen molar-refractivity contribution in [1.29, 1.82) is 0 Å². The van der Waals surface area contributed by atoms with E-state index in [1.165, 1.54) is 0 Å². The standard InChI is InChI=1S/C14H17BrN2O3/c15-11-5-4-8(6-12(11)16)13(18)17-7-9-2-1-3-10(9)14(19)20/h4-6,9-10H,1-3,7,16H2,(H,17,18)(H,19,20). The molecule has 1 amide bonds. The molecule has 5 nitrogen and oxygen atoms in total. The summed E-state index contributed by atoms with van der Waals surface area (Å²) in [4.78, 5) is 23.1. The van der Waals surface area contributed by atoms with Gasteiger partial charge in [-0.3, -0.25) is 9.59 Å². The number of rotatable bonds is 4. The Hall–Kier alpha value is -1.56. The van der Waals surface area contributed by atoms with Gasteiger partial charge < -0.3 is 16.2 Å². The average molecular weight is 341 g/mol. The zero-order valence-electron chi connectivity index (χ0n) is 10.9. The minimum absolute atomic E-state index is 0.0178. The molecule has 0 aromatic heterocycles. The van der Waals surface area contributed by atoms with Crippen LogP contribution in [0.3, 0.4) is 0 Å². The average Bonchev–Trinajstić information content (AvgIpc) is 2.87. The van der Waals surface area contributed by atoms with E-state index < -0.39 is 5.97 Å². The van der Waals surface area contributed by atoms with Gasteiger partial charge in [0, 0.05) is 22.3 Å². The minimum Gasteiger partial charge on any atom is -0.481 e. The Morgan fingerprint density at radius 2 is 2.15 bits per heavy atom. The van der Waals surface area contributed by atoms with Gasteiger partial charge in [0.25, 0.3) is 5.91 Å². The number of benzene rings is 1. The molecule has 0 saturated heterocycles. The smallest absolute Gasteiger partial charge is 0.306 e. The second-order valence-electron chi connectivity index (χ2n) is 5.08. The Morgan fingerprint density at radius 3 is 2.80 bits per heavy atom. The number of nitrogens with two attached hydrogens (primary N) is 1. The molecule has 0 spiro atoms. The number of carboxylic acids is 1. The van der Waals surface area contributed by atoms with Crippen LogP contribution in [0.2, 0.25) is 0 Å². The maximum Gasteiger partial charge on any atom is 0.306 e. The Kier molecular flexibility index (Phi) is 4.65. The third-order valence-electron chi connectivity index (χ3n) is 3.76. The van der Waals surface area contributed by atoms with Gasteiger partial charge in [-0.15, -0.1) is 0 Å². The number of hydrogen-bond donors (Lipinski definition) is 3. The molecule has 1 saturated carbocycles. The van der Waals surface area contributed by atoms with E-state index in [4.69, 9.17) is 10.8 Å². The van der Waals surface area contributed by atoms with Crippen molar-refractivity contribution < 1.29 is 14.7 Å². The second kappa shape index (κ2) is 6.26. The van der Waals surface area contributed by atoms with Gasteiger partial charge in [0.15, 0.2) is 0 Å². The maximum absolute atomic E-state index is 12.0. The highest BCUT2D eigenvalue weighted by Gasteiger charge is 2.32. The van der Waals surface area contributed by atoms with Crippen LogP contribution in [-0.2, 0) is 4.79 Å². The molecule has 1 aliphatic carbocycles. The monoisotopic (exact) mass is 340 g/mol. The number of hydrogen-bond acceptors (Lipinski definition) is 3. The number of aliphatic carboxylic acids is 1. The summed E-state index contributed by atoms with van der Waals surface area (Å²) < 4.78 is 0.746. The number of carbonyl (C=O) groups excluding carboxylic acids is 1. The van der Waals surface area contributed by atoms with Crippen molar-refractivity contribution in [3.63, 3.8) is 0 Å². The molecule has 2 atom stereocenters. The molecular formula is C14H17BrN2O3. The molecule has 1 fully saturated rings. The zero-order chi connectivity index (χ0) is 14.7. The summed E-state index contributed by atoms with van der Waals surface area (Å²) in [6.45, 7) is 0.395. The molecule has 4 N–H and O–H groups in total. The van der Waals surface area contributed by atoms with Crippen LogP contribution >= 0.6 is 15.9 Å². The van der Waals surface area contributed by atoms with Crippen molar-refractivity contribution in [1.82, 2.24) is 5.32 Å². The molecule has 0 bridgehead atoms. The lowest BCUT2D eigenvalue weighted by molar-refractivity contribution is -0.142. The SMILES string of the molecule is Nc1cc(C(=O)NCC2CCCC2C(=O)O)ccc1Br. The molecule has 0 radical (unpaired) electrons. The van der Waals surface area contributed by atoms with Crippen LogP contribution in [0.15, 0.2) is 22.7 Å². The summed E-state index contributed by atoms with van der Waals surface area (Å²) >= 11 is 3.27. The Labute approximate surface area is 125 Å². The molecule has 1 aromatic carbocycles. The Balaban J connectivity index is 1.95. The second-order valence-corrected chi connectivity index (χ2v) is 5.94. The lowest BCUT2D eigenvalue weighted by Crippen LogP contribution is -2.33. The topological polar surface area (TPSA) is 92.4 Å². The van der Waals surface area contributed by atoms with Crippen LogP contribution < -0.4 is 11.1 Å². The lowest BCUT2D eigenvalue weighted by Gasteiger charge is -2.16. The molecule has 108 valence electrons. The molecule has 1 aliphatic rings.